The Bertz CT molecular complexity index is 1300. The van der Waals surface area contributed by atoms with Crippen LogP contribution in [0.15, 0.2) is 60.7 Å². The van der Waals surface area contributed by atoms with E-state index in [-0.39, 0.29) is 11.5 Å². The molecule has 2 aromatic rings. The number of quaternary nitrogens is 1. The van der Waals surface area contributed by atoms with Crippen LogP contribution in [-0.2, 0) is 34.1 Å². The highest BCUT2D eigenvalue weighted by atomic mass is 16.7. The summed E-state index contributed by atoms with van der Waals surface area (Å²) in [5.74, 6) is -1.24. The van der Waals surface area contributed by atoms with E-state index >= 15 is 0 Å². The monoisotopic (exact) mass is 577 g/mol. The number of ether oxygens (including phenoxy) is 4. The van der Waals surface area contributed by atoms with Gasteiger partial charge in [-0.05, 0) is 38.8 Å². The lowest BCUT2D eigenvalue weighted by Crippen LogP contribution is -2.79. The molecular weight excluding hydrogens is 536 g/mol. The van der Waals surface area contributed by atoms with Crippen molar-refractivity contribution in [1.29, 1.82) is 0 Å². The predicted molar refractivity (Wildman–Crippen MR) is 153 cm³/mol. The molecule has 9 heteroatoms. The number of nitrogens with zero attached hydrogens (tertiary/aromatic N) is 1. The Morgan fingerprint density at radius 3 is 2.10 bits per heavy atom. The number of rotatable bonds is 9. The number of piperidine rings is 1. The minimum absolute atomic E-state index is 0.119. The first-order valence-corrected chi connectivity index (χ1v) is 15.0. The molecular formula is C33H41N2O7+. The average Bonchev–Trinajstić information content (AvgIpc) is 3.53. The van der Waals surface area contributed by atoms with Gasteiger partial charge in [0, 0.05) is 25.7 Å². The Balaban J connectivity index is 1.20. The molecule has 5 atom stereocenters. The van der Waals surface area contributed by atoms with Gasteiger partial charge in [0.15, 0.2) is 6.79 Å². The second-order valence-electron chi connectivity index (χ2n) is 13.2. The van der Waals surface area contributed by atoms with Gasteiger partial charge in [-0.1, -0.05) is 60.7 Å². The highest BCUT2D eigenvalue weighted by Crippen LogP contribution is 2.78. The highest BCUT2D eigenvalue weighted by molar-refractivity contribution is 5.86. The van der Waals surface area contributed by atoms with Gasteiger partial charge in [0.2, 0.25) is 5.60 Å². The lowest BCUT2D eigenvalue weighted by Gasteiger charge is -2.63. The molecule has 1 N–H and O–H groups in total. The Labute approximate surface area is 247 Å². The zero-order valence-electron chi connectivity index (χ0n) is 24.8. The summed E-state index contributed by atoms with van der Waals surface area (Å²) in [6, 6.07) is 18.6. The van der Waals surface area contributed by atoms with E-state index in [1.54, 1.807) is 20.8 Å². The molecule has 4 aliphatic rings. The fourth-order valence-electron chi connectivity index (χ4n) is 7.90. The third kappa shape index (κ3) is 4.57. The van der Waals surface area contributed by atoms with E-state index in [2.05, 4.69) is 5.32 Å². The molecule has 1 amide bonds. The molecule has 4 unspecified atom stereocenters. The van der Waals surface area contributed by atoms with Crippen LogP contribution in [0.2, 0.25) is 0 Å². The van der Waals surface area contributed by atoms with Crippen LogP contribution in [0.3, 0.4) is 0 Å². The van der Waals surface area contributed by atoms with Gasteiger partial charge in [-0.15, -0.1) is 0 Å². The van der Waals surface area contributed by atoms with Gasteiger partial charge in [0.25, 0.3) is 0 Å². The van der Waals surface area contributed by atoms with E-state index in [1.807, 2.05) is 60.7 Å². The summed E-state index contributed by atoms with van der Waals surface area (Å²) in [5, 5.41) is 2.47. The van der Waals surface area contributed by atoms with Crippen molar-refractivity contribution in [2.45, 2.75) is 88.8 Å². The largest absolute Gasteiger partial charge is 0.458 e. The van der Waals surface area contributed by atoms with Crippen molar-refractivity contribution in [3.63, 3.8) is 0 Å². The second kappa shape index (κ2) is 10.4. The van der Waals surface area contributed by atoms with Gasteiger partial charge in [-0.3, -0.25) is 0 Å². The Morgan fingerprint density at radius 2 is 1.55 bits per heavy atom. The SMILES string of the molecule is C[C@H](NC(=O)OC(C)(C)C)C(=O)OCOC(C(=O)OC1CC2C13CC3[N+]21CCCC1)(c1ccccc1)c1ccccc1. The summed E-state index contributed by atoms with van der Waals surface area (Å²) in [7, 11) is 0. The lowest BCUT2D eigenvalue weighted by molar-refractivity contribution is -1.01. The molecule has 2 spiro atoms. The Hall–Kier alpha value is -3.43. The molecule has 2 aromatic carbocycles. The molecule has 6 rings (SSSR count). The standard InChI is InChI=1S/C33H40N2O7/c1-22(34-30(38)42-31(2,3)4)28(36)39-21-40-33(23-13-7-5-8-14-23,24-15-9-6-10-16-24)29(37)41-27-19-25-32(27)20-26(32)35(25)17-11-12-18-35/h5-10,13-16,22,25-27H,11-12,17-21H2,1-4H3/p+1/t22-,25?,26?,27?,32?/m0/s1. The summed E-state index contributed by atoms with van der Waals surface area (Å²) >= 11 is 0. The quantitative estimate of drug-likeness (QED) is 0.204. The van der Waals surface area contributed by atoms with Crippen molar-refractivity contribution in [1.82, 2.24) is 5.32 Å². The summed E-state index contributed by atoms with van der Waals surface area (Å²) < 4.78 is 24.5. The topological polar surface area (TPSA) is 100 Å². The van der Waals surface area contributed by atoms with E-state index in [0.717, 1.165) is 12.8 Å². The van der Waals surface area contributed by atoms with Crippen LogP contribution >= 0.6 is 0 Å². The molecule has 9 nitrogen and oxygen atoms in total. The van der Waals surface area contributed by atoms with Crippen molar-refractivity contribution in [2.75, 3.05) is 19.9 Å². The number of carbonyl (C=O) groups is 3. The molecule has 2 aliphatic carbocycles. The summed E-state index contributed by atoms with van der Waals surface area (Å²) in [4.78, 5) is 39.2. The van der Waals surface area contributed by atoms with Gasteiger partial charge in [-0.25, -0.2) is 14.4 Å². The van der Waals surface area contributed by atoms with Crippen LogP contribution in [0.25, 0.3) is 0 Å². The zero-order valence-corrected chi connectivity index (χ0v) is 24.8. The fourth-order valence-corrected chi connectivity index (χ4v) is 7.90. The van der Waals surface area contributed by atoms with E-state index in [9.17, 15) is 14.4 Å². The van der Waals surface area contributed by atoms with Crippen molar-refractivity contribution >= 4 is 18.0 Å². The number of benzene rings is 2. The average molecular weight is 578 g/mol. The van der Waals surface area contributed by atoms with E-state index in [1.165, 1.54) is 37.3 Å². The van der Waals surface area contributed by atoms with Crippen LogP contribution in [0.1, 0.15) is 64.5 Å². The van der Waals surface area contributed by atoms with Gasteiger partial charge in [-0.2, -0.15) is 0 Å². The van der Waals surface area contributed by atoms with E-state index < -0.39 is 42.1 Å². The molecule has 0 aromatic heterocycles. The third-order valence-corrected chi connectivity index (χ3v) is 9.77. The number of carbonyl (C=O) groups excluding carboxylic acids is 3. The summed E-state index contributed by atoms with van der Waals surface area (Å²) in [6.07, 6.45) is 3.71. The number of alkyl carbamates (subject to hydrolysis) is 1. The number of fused-ring (bicyclic) bond motifs is 2. The summed E-state index contributed by atoms with van der Waals surface area (Å²) in [6.45, 7) is 8.68. The number of hydrogen-bond donors (Lipinski definition) is 1. The van der Waals surface area contributed by atoms with Crippen molar-refractivity contribution in [3.05, 3.63) is 71.8 Å². The first kappa shape index (κ1) is 28.7. The first-order chi connectivity index (χ1) is 20.0. The minimum atomic E-state index is -1.65. The Morgan fingerprint density at radius 1 is 0.952 bits per heavy atom. The van der Waals surface area contributed by atoms with Crippen LogP contribution in [-0.4, -0.2) is 72.2 Å². The second-order valence-corrected chi connectivity index (χ2v) is 13.2. The number of esters is 2. The molecule has 2 aliphatic heterocycles. The van der Waals surface area contributed by atoms with Gasteiger partial charge in [0.1, 0.15) is 35.2 Å². The Kier molecular flexibility index (Phi) is 7.09. The molecule has 224 valence electrons. The molecule has 0 radical (unpaired) electrons. The van der Waals surface area contributed by atoms with E-state index in [0.29, 0.717) is 23.2 Å². The molecule has 2 heterocycles. The maximum Gasteiger partial charge on any atom is 0.408 e. The molecule has 2 saturated carbocycles. The minimum Gasteiger partial charge on any atom is -0.458 e. The van der Waals surface area contributed by atoms with Crippen molar-refractivity contribution in [2.24, 2.45) is 5.41 Å². The summed E-state index contributed by atoms with van der Waals surface area (Å²) in [5.41, 5.74) is -1.09. The van der Waals surface area contributed by atoms with Crippen LogP contribution < -0.4 is 5.32 Å². The molecule has 2 saturated heterocycles. The molecule has 42 heavy (non-hydrogen) atoms. The lowest BCUT2D eigenvalue weighted by atomic mass is 9.64. The highest BCUT2D eigenvalue weighted by Gasteiger charge is 2.93. The fraction of sp³-hybridized carbons (Fsp3) is 0.545. The van der Waals surface area contributed by atoms with Gasteiger partial charge >= 0.3 is 18.0 Å². The zero-order chi connectivity index (χ0) is 29.8. The first-order valence-electron chi connectivity index (χ1n) is 15.0. The molecule has 0 bridgehead atoms. The van der Waals surface area contributed by atoms with Crippen LogP contribution in [0, 0.1) is 5.41 Å². The smallest absolute Gasteiger partial charge is 0.408 e. The van der Waals surface area contributed by atoms with Crippen LogP contribution in [0.4, 0.5) is 4.79 Å². The van der Waals surface area contributed by atoms with Crippen molar-refractivity contribution < 1.29 is 37.8 Å². The maximum absolute atomic E-state index is 14.3. The third-order valence-electron chi connectivity index (χ3n) is 9.77. The van der Waals surface area contributed by atoms with Crippen molar-refractivity contribution in [3.8, 4) is 0 Å². The predicted octanol–water partition coefficient (Wildman–Crippen LogP) is 4.43. The van der Waals surface area contributed by atoms with Crippen LogP contribution in [0.5, 0.6) is 0 Å². The molecule has 4 fully saturated rings. The number of hydrogen-bond acceptors (Lipinski definition) is 7. The van der Waals surface area contributed by atoms with Gasteiger partial charge in [0.05, 0.1) is 13.1 Å². The maximum atomic E-state index is 14.3. The normalized spacial score (nSPS) is 27.4. The van der Waals surface area contributed by atoms with E-state index in [4.69, 9.17) is 18.9 Å². The number of nitrogens with one attached hydrogen (secondary N) is 1. The number of amides is 1. The van der Waals surface area contributed by atoms with Gasteiger partial charge < -0.3 is 28.7 Å².